The molecule has 0 saturated carbocycles. The molecule has 3 nitrogen and oxygen atoms in total. The Kier molecular flexibility index (Phi) is 2.46. The molecule has 0 aliphatic heterocycles. The molecule has 2 aromatic rings. The van der Waals surface area contributed by atoms with E-state index in [1.54, 1.807) is 0 Å². The summed E-state index contributed by atoms with van der Waals surface area (Å²) < 4.78 is 5.19. The van der Waals surface area contributed by atoms with E-state index >= 15 is 0 Å². The molecule has 2 rings (SSSR count). The molecule has 0 amide bonds. The van der Waals surface area contributed by atoms with Gasteiger partial charge >= 0.3 is 5.63 Å². The fourth-order valence-electron chi connectivity index (χ4n) is 1.94. The lowest BCUT2D eigenvalue weighted by Gasteiger charge is -2.08. The predicted molar refractivity (Wildman–Crippen MR) is 65.7 cm³/mol. The van der Waals surface area contributed by atoms with Crippen molar-refractivity contribution in [2.24, 2.45) is 0 Å². The molecular formula is C13H15NO2. The summed E-state index contributed by atoms with van der Waals surface area (Å²) in [6.07, 6.45) is 0.926. The summed E-state index contributed by atoms with van der Waals surface area (Å²) >= 11 is 0. The van der Waals surface area contributed by atoms with Gasteiger partial charge in [0.15, 0.2) is 0 Å². The molecule has 0 spiro atoms. The average Bonchev–Trinajstić information content (AvgIpc) is 2.27. The van der Waals surface area contributed by atoms with Gasteiger partial charge in [-0.1, -0.05) is 6.92 Å². The van der Waals surface area contributed by atoms with E-state index in [1.165, 1.54) is 11.1 Å². The smallest absolute Gasteiger partial charge is 0.359 e. The predicted octanol–water partition coefficient (Wildman–Crippen LogP) is 2.55. The molecule has 1 aromatic carbocycles. The lowest BCUT2D eigenvalue weighted by Crippen LogP contribution is -2.09. The summed E-state index contributed by atoms with van der Waals surface area (Å²) in [6.45, 7) is 5.98. The zero-order chi connectivity index (χ0) is 11.9. The van der Waals surface area contributed by atoms with Crippen molar-refractivity contribution in [1.29, 1.82) is 0 Å². The third kappa shape index (κ3) is 1.48. The molecule has 0 bridgehead atoms. The van der Waals surface area contributed by atoms with E-state index in [-0.39, 0.29) is 5.69 Å². The Morgan fingerprint density at radius 1 is 1.31 bits per heavy atom. The van der Waals surface area contributed by atoms with Crippen LogP contribution >= 0.6 is 0 Å². The van der Waals surface area contributed by atoms with Gasteiger partial charge in [-0.2, -0.15) is 0 Å². The van der Waals surface area contributed by atoms with Crippen molar-refractivity contribution < 1.29 is 4.42 Å². The Hall–Kier alpha value is -1.77. The second kappa shape index (κ2) is 3.67. The number of rotatable bonds is 1. The van der Waals surface area contributed by atoms with Crippen molar-refractivity contribution in [3.8, 4) is 0 Å². The highest BCUT2D eigenvalue weighted by atomic mass is 16.4. The van der Waals surface area contributed by atoms with Gasteiger partial charge in [0, 0.05) is 5.39 Å². The largest absolute Gasteiger partial charge is 0.421 e. The Balaban J connectivity index is 2.92. The van der Waals surface area contributed by atoms with Gasteiger partial charge in [-0.3, -0.25) is 0 Å². The highest BCUT2D eigenvalue weighted by molar-refractivity contribution is 5.85. The summed E-state index contributed by atoms with van der Waals surface area (Å²) in [6, 6.07) is 3.96. The molecule has 0 radical (unpaired) electrons. The summed E-state index contributed by atoms with van der Waals surface area (Å²) in [5.74, 6) is 0. The van der Waals surface area contributed by atoms with Gasteiger partial charge < -0.3 is 10.2 Å². The first-order valence-electron chi connectivity index (χ1n) is 5.37. The van der Waals surface area contributed by atoms with Crippen LogP contribution < -0.4 is 11.4 Å². The van der Waals surface area contributed by atoms with Crippen molar-refractivity contribution in [2.45, 2.75) is 27.2 Å². The maximum Gasteiger partial charge on any atom is 0.359 e. The SMILES string of the molecule is CCc1cc2oc(=O)c(N)c(C)c2cc1C. The van der Waals surface area contributed by atoms with E-state index in [2.05, 4.69) is 13.8 Å². The number of hydrogen-bond donors (Lipinski definition) is 1. The van der Waals surface area contributed by atoms with Crippen LogP contribution in [-0.4, -0.2) is 0 Å². The minimum Gasteiger partial charge on any atom is -0.421 e. The number of benzene rings is 1. The van der Waals surface area contributed by atoms with Crippen LogP contribution in [0, 0.1) is 13.8 Å². The minimum absolute atomic E-state index is 0.205. The Morgan fingerprint density at radius 2 is 2.00 bits per heavy atom. The van der Waals surface area contributed by atoms with Crippen molar-refractivity contribution in [3.63, 3.8) is 0 Å². The van der Waals surface area contributed by atoms with E-state index in [0.29, 0.717) is 5.58 Å². The average molecular weight is 217 g/mol. The van der Waals surface area contributed by atoms with Gasteiger partial charge in [-0.05, 0) is 49.1 Å². The molecule has 2 N–H and O–H groups in total. The highest BCUT2D eigenvalue weighted by Crippen LogP contribution is 2.24. The molecule has 84 valence electrons. The number of nitrogen functional groups attached to an aromatic ring is 1. The molecule has 0 unspecified atom stereocenters. The van der Waals surface area contributed by atoms with E-state index in [4.69, 9.17) is 10.2 Å². The Bertz CT molecular complexity index is 611. The molecular weight excluding hydrogens is 202 g/mol. The maximum absolute atomic E-state index is 11.4. The number of nitrogens with two attached hydrogens (primary N) is 1. The molecule has 0 saturated heterocycles. The van der Waals surface area contributed by atoms with Crippen LogP contribution in [-0.2, 0) is 6.42 Å². The van der Waals surface area contributed by atoms with Crippen LogP contribution in [0.15, 0.2) is 21.3 Å². The lowest BCUT2D eigenvalue weighted by atomic mass is 10.0. The molecule has 0 aliphatic carbocycles. The fourth-order valence-corrected chi connectivity index (χ4v) is 1.94. The highest BCUT2D eigenvalue weighted by Gasteiger charge is 2.09. The van der Waals surface area contributed by atoms with E-state index in [0.717, 1.165) is 17.4 Å². The van der Waals surface area contributed by atoms with Crippen LogP contribution in [0.1, 0.15) is 23.6 Å². The van der Waals surface area contributed by atoms with Gasteiger partial charge in [-0.25, -0.2) is 4.79 Å². The lowest BCUT2D eigenvalue weighted by molar-refractivity contribution is 0.563. The first-order valence-corrected chi connectivity index (χ1v) is 5.37. The van der Waals surface area contributed by atoms with E-state index in [1.807, 2.05) is 19.1 Å². The van der Waals surface area contributed by atoms with Crippen LogP contribution in [0.3, 0.4) is 0 Å². The molecule has 16 heavy (non-hydrogen) atoms. The number of fused-ring (bicyclic) bond motifs is 1. The second-order valence-corrected chi connectivity index (χ2v) is 4.06. The standard InChI is InChI=1S/C13H15NO2/c1-4-9-6-11-10(5-7(9)2)8(3)12(14)13(15)16-11/h5-6H,4,14H2,1-3H3. The third-order valence-electron chi connectivity index (χ3n) is 3.05. The van der Waals surface area contributed by atoms with Gasteiger partial charge in [0.1, 0.15) is 11.3 Å². The number of aryl methyl sites for hydroxylation is 3. The van der Waals surface area contributed by atoms with Crippen LogP contribution in [0.5, 0.6) is 0 Å². The molecule has 3 heteroatoms. The third-order valence-corrected chi connectivity index (χ3v) is 3.05. The summed E-state index contributed by atoms with van der Waals surface area (Å²) in [4.78, 5) is 11.4. The van der Waals surface area contributed by atoms with Gasteiger partial charge in [0.2, 0.25) is 0 Å². The quantitative estimate of drug-likeness (QED) is 0.747. The van der Waals surface area contributed by atoms with E-state index < -0.39 is 5.63 Å². The van der Waals surface area contributed by atoms with Crippen molar-refractivity contribution in [3.05, 3.63) is 39.2 Å². The van der Waals surface area contributed by atoms with Crippen LogP contribution in [0.25, 0.3) is 11.0 Å². The van der Waals surface area contributed by atoms with Gasteiger partial charge in [-0.15, -0.1) is 0 Å². The first kappa shape index (κ1) is 10.7. The summed E-state index contributed by atoms with van der Waals surface area (Å²) in [7, 11) is 0. The van der Waals surface area contributed by atoms with Crippen LogP contribution in [0.2, 0.25) is 0 Å². The van der Waals surface area contributed by atoms with Crippen molar-refractivity contribution >= 4 is 16.7 Å². The number of anilines is 1. The van der Waals surface area contributed by atoms with E-state index in [9.17, 15) is 4.79 Å². The van der Waals surface area contributed by atoms with Gasteiger partial charge in [0.25, 0.3) is 0 Å². The topological polar surface area (TPSA) is 56.2 Å². The minimum atomic E-state index is -0.448. The summed E-state index contributed by atoms with van der Waals surface area (Å²) in [5, 5.41) is 0.923. The molecule has 1 heterocycles. The zero-order valence-corrected chi connectivity index (χ0v) is 9.76. The molecule has 0 aliphatic rings. The monoisotopic (exact) mass is 217 g/mol. The zero-order valence-electron chi connectivity index (χ0n) is 9.76. The Labute approximate surface area is 93.9 Å². The fraction of sp³-hybridized carbons (Fsp3) is 0.308. The second-order valence-electron chi connectivity index (χ2n) is 4.06. The normalized spacial score (nSPS) is 10.9. The Morgan fingerprint density at radius 3 is 2.62 bits per heavy atom. The molecule has 0 atom stereocenters. The molecule has 0 fully saturated rings. The summed E-state index contributed by atoms with van der Waals surface area (Å²) in [5.41, 5.74) is 9.24. The van der Waals surface area contributed by atoms with Crippen molar-refractivity contribution in [1.82, 2.24) is 0 Å². The first-order chi connectivity index (χ1) is 7.54. The number of hydrogen-bond acceptors (Lipinski definition) is 3. The molecule has 1 aromatic heterocycles. The van der Waals surface area contributed by atoms with Crippen molar-refractivity contribution in [2.75, 3.05) is 5.73 Å². The van der Waals surface area contributed by atoms with Gasteiger partial charge in [0.05, 0.1) is 0 Å². The van der Waals surface area contributed by atoms with Crippen LogP contribution in [0.4, 0.5) is 5.69 Å². The maximum atomic E-state index is 11.4.